The zero-order valence-corrected chi connectivity index (χ0v) is 11.7. The second-order valence-electron chi connectivity index (χ2n) is 5.54. The van der Waals surface area contributed by atoms with E-state index in [9.17, 15) is 0 Å². The molecule has 1 rings (SSSR count). The minimum absolute atomic E-state index is 0.315. The van der Waals surface area contributed by atoms with E-state index in [1.54, 1.807) is 0 Å². The molecule has 3 heteroatoms. The molecule has 0 radical (unpaired) electrons. The molecule has 0 unspecified atom stereocenters. The third-order valence-electron chi connectivity index (χ3n) is 4.10. The van der Waals surface area contributed by atoms with E-state index in [0.717, 1.165) is 26.1 Å². The monoisotopic (exact) mass is 242 g/mol. The van der Waals surface area contributed by atoms with Crippen molar-refractivity contribution in [3.63, 3.8) is 0 Å². The average molecular weight is 242 g/mol. The Bertz CT molecular complexity index is 185. The lowest BCUT2D eigenvalue weighted by Crippen LogP contribution is -2.45. The molecule has 0 spiro atoms. The predicted molar refractivity (Wildman–Crippen MR) is 73.3 cm³/mol. The van der Waals surface area contributed by atoms with Crippen LogP contribution in [0.5, 0.6) is 0 Å². The summed E-state index contributed by atoms with van der Waals surface area (Å²) in [4.78, 5) is 2.51. The molecule has 1 aliphatic carbocycles. The van der Waals surface area contributed by atoms with Crippen LogP contribution in [-0.4, -0.2) is 49.8 Å². The van der Waals surface area contributed by atoms with Crippen LogP contribution in [0, 0.1) is 5.41 Å². The fraction of sp³-hybridized carbons (Fsp3) is 1.00. The topological polar surface area (TPSA) is 35.5 Å². The van der Waals surface area contributed by atoms with E-state index in [4.69, 9.17) is 5.11 Å². The quantitative estimate of drug-likeness (QED) is 0.682. The Hall–Kier alpha value is -0.120. The summed E-state index contributed by atoms with van der Waals surface area (Å²) in [6.45, 7) is 7.03. The van der Waals surface area contributed by atoms with E-state index in [0.29, 0.717) is 12.0 Å². The Kier molecular flexibility index (Phi) is 7.09. The minimum Gasteiger partial charge on any atom is -0.396 e. The summed E-state index contributed by atoms with van der Waals surface area (Å²) in [6, 6.07) is 0. The number of hydrogen-bond donors (Lipinski definition) is 2. The van der Waals surface area contributed by atoms with Crippen molar-refractivity contribution >= 4 is 0 Å². The zero-order valence-electron chi connectivity index (χ0n) is 11.7. The maximum absolute atomic E-state index is 8.95. The number of aliphatic hydroxyl groups is 1. The van der Waals surface area contributed by atoms with Gasteiger partial charge in [-0.05, 0) is 38.3 Å². The Balaban J connectivity index is 2.50. The van der Waals surface area contributed by atoms with E-state index in [1.807, 2.05) is 0 Å². The first-order chi connectivity index (χ1) is 8.26. The molecule has 0 saturated heterocycles. The van der Waals surface area contributed by atoms with Gasteiger partial charge in [0, 0.05) is 26.2 Å². The molecular weight excluding hydrogens is 212 g/mol. The summed E-state index contributed by atoms with van der Waals surface area (Å²) in [5.74, 6) is 0. The molecule has 0 amide bonds. The second kappa shape index (κ2) is 8.06. The Morgan fingerprint density at radius 1 is 1.24 bits per heavy atom. The Labute approximate surface area is 107 Å². The first-order valence-corrected chi connectivity index (χ1v) is 7.24. The molecule has 17 heavy (non-hydrogen) atoms. The van der Waals surface area contributed by atoms with Gasteiger partial charge in [-0.1, -0.05) is 26.2 Å². The summed E-state index contributed by atoms with van der Waals surface area (Å²) >= 11 is 0. The number of rotatable bonds is 8. The van der Waals surface area contributed by atoms with Crippen molar-refractivity contribution in [2.24, 2.45) is 5.41 Å². The highest BCUT2D eigenvalue weighted by Gasteiger charge is 2.32. The van der Waals surface area contributed by atoms with Crippen LogP contribution < -0.4 is 5.32 Å². The van der Waals surface area contributed by atoms with Crippen molar-refractivity contribution < 1.29 is 5.11 Å². The van der Waals surface area contributed by atoms with Gasteiger partial charge in [0.2, 0.25) is 0 Å². The minimum atomic E-state index is 0.315. The molecule has 2 N–H and O–H groups in total. The molecule has 0 aliphatic heterocycles. The number of nitrogens with one attached hydrogen (secondary N) is 1. The van der Waals surface area contributed by atoms with Gasteiger partial charge in [0.25, 0.3) is 0 Å². The van der Waals surface area contributed by atoms with Crippen molar-refractivity contribution in [3.05, 3.63) is 0 Å². The highest BCUT2D eigenvalue weighted by atomic mass is 16.3. The van der Waals surface area contributed by atoms with E-state index >= 15 is 0 Å². The van der Waals surface area contributed by atoms with Gasteiger partial charge in [0.1, 0.15) is 0 Å². The predicted octanol–water partition coefficient (Wildman–Crippen LogP) is 1.86. The summed E-state index contributed by atoms with van der Waals surface area (Å²) in [5, 5.41) is 12.3. The van der Waals surface area contributed by atoms with Crippen molar-refractivity contribution in [2.45, 2.75) is 45.4 Å². The van der Waals surface area contributed by atoms with Crippen molar-refractivity contribution in [1.29, 1.82) is 0 Å². The van der Waals surface area contributed by atoms with Crippen molar-refractivity contribution in [1.82, 2.24) is 10.2 Å². The van der Waals surface area contributed by atoms with Gasteiger partial charge in [-0.15, -0.1) is 0 Å². The van der Waals surface area contributed by atoms with Crippen LogP contribution in [0.25, 0.3) is 0 Å². The number of aliphatic hydroxyl groups excluding tert-OH is 1. The molecule has 102 valence electrons. The summed E-state index contributed by atoms with van der Waals surface area (Å²) in [5.41, 5.74) is 0.485. The van der Waals surface area contributed by atoms with Crippen LogP contribution in [0.15, 0.2) is 0 Å². The zero-order chi connectivity index (χ0) is 12.6. The molecule has 0 atom stereocenters. The average Bonchev–Trinajstić information content (AvgIpc) is 2.36. The Morgan fingerprint density at radius 3 is 2.47 bits per heavy atom. The van der Waals surface area contributed by atoms with Gasteiger partial charge in [-0.3, -0.25) is 0 Å². The molecule has 0 aromatic heterocycles. The third-order valence-corrected chi connectivity index (χ3v) is 4.10. The van der Waals surface area contributed by atoms with Gasteiger partial charge in [-0.25, -0.2) is 0 Å². The lowest BCUT2D eigenvalue weighted by molar-refractivity contribution is 0.102. The fourth-order valence-electron chi connectivity index (χ4n) is 3.19. The highest BCUT2D eigenvalue weighted by molar-refractivity contribution is 4.87. The normalized spacial score (nSPS) is 19.8. The smallest absolute Gasteiger partial charge is 0.0443 e. The molecule has 0 bridgehead atoms. The lowest BCUT2D eigenvalue weighted by Gasteiger charge is -2.41. The summed E-state index contributed by atoms with van der Waals surface area (Å²) in [7, 11) is 2.07. The van der Waals surface area contributed by atoms with Crippen molar-refractivity contribution in [2.75, 3.05) is 39.8 Å². The second-order valence-corrected chi connectivity index (χ2v) is 5.54. The molecule has 0 aromatic carbocycles. The molecule has 1 saturated carbocycles. The number of hydrogen-bond acceptors (Lipinski definition) is 3. The van der Waals surface area contributed by atoms with Gasteiger partial charge in [0.15, 0.2) is 0 Å². The van der Waals surface area contributed by atoms with Crippen LogP contribution in [0.1, 0.15) is 45.4 Å². The van der Waals surface area contributed by atoms with Gasteiger partial charge in [-0.2, -0.15) is 0 Å². The van der Waals surface area contributed by atoms with Gasteiger partial charge >= 0.3 is 0 Å². The summed E-state index contributed by atoms with van der Waals surface area (Å²) in [6.07, 6.45) is 7.82. The maximum Gasteiger partial charge on any atom is 0.0443 e. The SMILES string of the molecule is CCN(CCCO)CC1(CNC)CCCCC1. The molecule has 1 fully saturated rings. The fourth-order valence-corrected chi connectivity index (χ4v) is 3.19. The van der Waals surface area contributed by atoms with Crippen LogP contribution in [-0.2, 0) is 0 Å². The van der Waals surface area contributed by atoms with E-state index < -0.39 is 0 Å². The molecule has 0 aromatic rings. The van der Waals surface area contributed by atoms with E-state index in [2.05, 4.69) is 24.2 Å². The molecule has 3 nitrogen and oxygen atoms in total. The lowest BCUT2D eigenvalue weighted by atomic mass is 9.73. The maximum atomic E-state index is 8.95. The van der Waals surface area contributed by atoms with E-state index in [-0.39, 0.29) is 0 Å². The highest BCUT2D eigenvalue weighted by Crippen LogP contribution is 2.36. The standard InChI is InChI=1S/C14H30N2O/c1-3-16(10-7-11-17)13-14(12-15-2)8-5-4-6-9-14/h15,17H,3-13H2,1-2H3. The molecule has 0 heterocycles. The third kappa shape index (κ3) is 4.94. The first-order valence-electron chi connectivity index (χ1n) is 7.24. The van der Waals surface area contributed by atoms with Gasteiger partial charge < -0.3 is 15.3 Å². The summed E-state index contributed by atoms with van der Waals surface area (Å²) < 4.78 is 0. The van der Waals surface area contributed by atoms with Crippen LogP contribution >= 0.6 is 0 Å². The number of nitrogens with zero attached hydrogens (tertiary/aromatic N) is 1. The van der Waals surface area contributed by atoms with Crippen molar-refractivity contribution in [3.8, 4) is 0 Å². The van der Waals surface area contributed by atoms with Gasteiger partial charge in [0.05, 0.1) is 0 Å². The van der Waals surface area contributed by atoms with E-state index in [1.165, 1.54) is 38.6 Å². The first kappa shape index (κ1) is 14.9. The van der Waals surface area contributed by atoms with Crippen LogP contribution in [0.4, 0.5) is 0 Å². The largest absolute Gasteiger partial charge is 0.396 e. The van der Waals surface area contributed by atoms with Crippen LogP contribution in [0.3, 0.4) is 0 Å². The Morgan fingerprint density at radius 2 is 1.94 bits per heavy atom. The molecular formula is C14H30N2O. The molecule has 1 aliphatic rings. The van der Waals surface area contributed by atoms with Crippen LogP contribution in [0.2, 0.25) is 0 Å².